The van der Waals surface area contributed by atoms with Crippen molar-refractivity contribution in [3.63, 3.8) is 0 Å². The highest BCUT2D eigenvalue weighted by Crippen LogP contribution is 2.16. The van der Waals surface area contributed by atoms with E-state index in [9.17, 15) is 22.8 Å². The summed E-state index contributed by atoms with van der Waals surface area (Å²) in [7, 11) is 0. The van der Waals surface area contributed by atoms with Crippen LogP contribution in [0.15, 0.2) is 0 Å². The van der Waals surface area contributed by atoms with Gasteiger partial charge in [0.15, 0.2) is 0 Å². The van der Waals surface area contributed by atoms with Crippen LogP contribution in [-0.4, -0.2) is 54.2 Å². The smallest absolute Gasteiger partial charge is 0.401 e. The first-order chi connectivity index (χ1) is 8.24. The van der Waals surface area contributed by atoms with Gasteiger partial charge in [-0.25, -0.2) is 0 Å². The minimum absolute atomic E-state index is 0. The fourth-order valence-electron chi connectivity index (χ4n) is 1.28. The highest BCUT2D eigenvalue weighted by Gasteiger charge is 2.31. The number of carboxylic acids is 1. The molecule has 0 aliphatic heterocycles. The summed E-state index contributed by atoms with van der Waals surface area (Å²) in [5, 5.41) is 10.3. The van der Waals surface area contributed by atoms with Gasteiger partial charge in [0.1, 0.15) is 6.54 Å². The fourth-order valence-corrected chi connectivity index (χ4v) is 1.28. The third kappa shape index (κ3) is 13.2. The zero-order chi connectivity index (χ0) is 14.2. The Kier molecular flexibility index (Phi) is 10.5. The molecule has 0 radical (unpaired) electrons. The first kappa shape index (κ1) is 20.3. The third-order valence-electron chi connectivity index (χ3n) is 2.03. The number of hydrogen-bond acceptors (Lipinski definition) is 3. The summed E-state index contributed by atoms with van der Waals surface area (Å²) < 4.78 is 36.7. The van der Waals surface area contributed by atoms with E-state index in [0.29, 0.717) is 12.8 Å². The largest absolute Gasteiger partial charge is 0.480 e. The summed E-state index contributed by atoms with van der Waals surface area (Å²) >= 11 is 0. The van der Waals surface area contributed by atoms with Crippen molar-refractivity contribution in [3.05, 3.63) is 0 Å². The van der Waals surface area contributed by atoms with Crippen molar-refractivity contribution < 1.29 is 27.9 Å². The van der Waals surface area contributed by atoms with Gasteiger partial charge in [0.2, 0.25) is 5.91 Å². The average molecular weight is 307 g/mol. The summed E-state index contributed by atoms with van der Waals surface area (Å²) in [5.41, 5.74) is 0. The minimum Gasteiger partial charge on any atom is -0.480 e. The van der Waals surface area contributed by atoms with Crippen LogP contribution in [0.3, 0.4) is 0 Å². The molecular weight excluding hydrogens is 289 g/mol. The highest BCUT2D eigenvalue weighted by molar-refractivity contribution is 5.85. The predicted molar refractivity (Wildman–Crippen MR) is 65.3 cm³/mol. The Labute approximate surface area is 115 Å². The summed E-state index contributed by atoms with van der Waals surface area (Å²) in [5.74, 6) is -1.96. The van der Waals surface area contributed by atoms with Crippen LogP contribution in [0, 0.1) is 0 Å². The predicted octanol–water partition coefficient (Wildman–Crippen LogP) is 1.27. The number of halogens is 4. The van der Waals surface area contributed by atoms with Crippen LogP contribution in [0.1, 0.15) is 19.8 Å². The Morgan fingerprint density at radius 2 is 1.89 bits per heavy atom. The molecule has 0 saturated heterocycles. The normalized spacial score (nSPS) is 11.0. The quantitative estimate of drug-likeness (QED) is 0.708. The van der Waals surface area contributed by atoms with E-state index in [2.05, 4.69) is 0 Å². The van der Waals surface area contributed by atoms with E-state index in [-0.39, 0.29) is 19.0 Å². The van der Waals surface area contributed by atoms with E-state index >= 15 is 0 Å². The van der Waals surface area contributed by atoms with Crippen LogP contribution < -0.4 is 5.32 Å². The third-order valence-corrected chi connectivity index (χ3v) is 2.03. The van der Waals surface area contributed by atoms with E-state index in [1.165, 1.54) is 0 Å². The monoisotopic (exact) mass is 306 g/mol. The molecule has 0 spiro atoms. The second kappa shape index (κ2) is 9.85. The topological polar surface area (TPSA) is 69.6 Å². The molecule has 5 nitrogen and oxygen atoms in total. The summed E-state index contributed by atoms with van der Waals surface area (Å²) in [6.07, 6.45) is -3.12. The Balaban J connectivity index is 0. The van der Waals surface area contributed by atoms with E-state index in [1.807, 2.05) is 12.2 Å². The lowest BCUT2D eigenvalue weighted by Gasteiger charge is -2.22. The number of alkyl halides is 3. The Hall–Kier alpha value is -1.02. The molecule has 0 aromatic heterocycles. The molecule has 0 aromatic rings. The van der Waals surface area contributed by atoms with Crippen molar-refractivity contribution in [2.45, 2.75) is 25.9 Å². The maximum atomic E-state index is 12.2. The van der Waals surface area contributed by atoms with Gasteiger partial charge in [-0.2, -0.15) is 13.2 Å². The van der Waals surface area contributed by atoms with Crippen LogP contribution in [0.2, 0.25) is 0 Å². The average Bonchev–Trinajstić information content (AvgIpc) is 2.21. The van der Waals surface area contributed by atoms with Gasteiger partial charge in [-0.3, -0.25) is 14.5 Å². The molecule has 0 aromatic carbocycles. The van der Waals surface area contributed by atoms with Crippen LogP contribution in [0.4, 0.5) is 13.2 Å². The van der Waals surface area contributed by atoms with Crippen molar-refractivity contribution in [3.8, 4) is 0 Å². The fraction of sp³-hybridized carbons (Fsp3) is 0.800. The number of carbonyl (C=O) groups excluding carboxylic acids is 1. The summed E-state index contributed by atoms with van der Waals surface area (Å²) in [6.45, 7) is -0.237. The van der Waals surface area contributed by atoms with Gasteiger partial charge in [-0.15, -0.1) is 12.4 Å². The first-order valence-electron chi connectivity index (χ1n) is 5.52. The molecule has 0 fully saturated rings. The zero-order valence-corrected chi connectivity index (χ0v) is 11.3. The van der Waals surface area contributed by atoms with Crippen molar-refractivity contribution in [2.24, 2.45) is 0 Å². The number of aliphatic carboxylic acids is 1. The first-order valence-corrected chi connectivity index (χ1v) is 5.52. The van der Waals surface area contributed by atoms with E-state index in [0.717, 1.165) is 4.90 Å². The molecule has 0 rings (SSSR count). The molecule has 0 heterocycles. The molecule has 0 atom stereocenters. The molecular formula is C10H18ClF3N2O3. The Morgan fingerprint density at radius 3 is 2.32 bits per heavy atom. The number of nitrogens with zero attached hydrogens (tertiary/aromatic N) is 1. The summed E-state index contributed by atoms with van der Waals surface area (Å²) in [4.78, 5) is 22.4. The minimum atomic E-state index is -4.37. The molecule has 0 bridgehead atoms. The molecule has 0 saturated carbocycles. The number of carboxylic acid groups (broad SMARTS) is 1. The summed E-state index contributed by atoms with van der Waals surface area (Å²) in [6, 6.07) is 0. The standard InChI is InChI=1S/C10H17F3N2O3.ClH/c1-2-3-4-15(7-10(11,12)13)6-8(16)14-5-9(17)18;/h2-7H2,1H3,(H,14,16)(H,17,18);1H. The molecule has 114 valence electrons. The van der Waals surface area contributed by atoms with Crippen LogP contribution in [0.5, 0.6) is 0 Å². The number of amides is 1. The SMILES string of the molecule is CCCCN(CC(=O)NCC(=O)O)CC(F)(F)F.Cl. The molecule has 19 heavy (non-hydrogen) atoms. The van der Waals surface area contributed by atoms with Gasteiger partial charge >= 0.3 is 12.1 Å². The molecule has 1 amide bonds. The number of unbranched alkanes of at least 4 members (excludes halogenated alkanes) is 1. The number of rotatable bonds is 8. The lowest BCUT2D eigenvalue weighted by atomic mass is 10.3. The lowest BCUT2D eigenvalue weighted by Crippen LogP contribution is -2.43. The Bertz CT molecular complexity index is 288. The van der Waals surface area contributed by atoms with Gasteiger partial charge in [0, 0.05) is 0 Å². The van der Waals surface area contributed by atoms with Gasteiger partial charge in [-0.05, 0) is 13.0 Å². The second-order valence-corrected chi connectivity index (χ2v) is 3.85. The number of nitrogens with one attached hydrogen (secondary N) is 1. The molecule has 0 unspecified atom stereocenters. The van der Waals surface area contributed by atoms with Crippen molar-refractivity contribution in [2.75, 3.05) is 26.2 Å². The second-order valence-electron chi connectivity index (χ2n) is 3.85. The highest BCUT2D eigenvalue weighted by atomic mass is 35.5. The van der Waals surface area contributed by atoms with E-state index in [4.69, 9.17) is 5.11 Å². The van der Waals surface area contributed by atoms with Gasteiger partial charge in [0.05, 0.1) is 13.1 Å². The van der Waals surface area contributed by atoms with Crippen molar-refractivity contribution in [1.82, 2.24) is 10.2 Å². The molecule has 9 heteroatoms. The maximum absolute atomic E-state index is 12.2. The Morgan fingerprint density at radius 1 is 1.32 bits per heavy atom. The number of carbonyl (C=O) groups is 2. The van der Waals surface area contributed by atoms with Crippen LogP contribution in [0.25, 0.3) is 0 Å². The van der Waals surface area contributed by atoms with Crippen LogP contribution in [-0.2, 0) is 9.59 Å². The molecule has 2 N–H and O–H groups in total. The number of hydrogen-bond donors (Lipinski definition) is 2. The maximum Gasteiger partial charge on any atom is 0.401 e. The molecule has 0 aliphatic carbocycles. The molecule has 0 aliphatic rings. The zero-order valence-electron chi connectivity index (χ0n) is 10.5. The van der Waals surface area contributed by atoms with Gasteiger partial charge in [0.25, 0.3) is 0 Å². The lowest BCUT2D eigenvalue weighted by molar-refractivity contribution is -0.149. The van der Waals surface area contributed by atoms with Crippen LogP contribution >= 0.6 is 12.4 Å². The van der Waals surface area contributed by atoms with Crippen molar-refractivity contribution >= 4 is 24.3 Å². The van der Waals surface area contributed by atoms with Crippen molar-refractivity contribution in [1.29, 1.82) is 0 Å². The van der Waals surface area contributed by atoms with E-state index < -0.39 is 37.7 Å². The van der Waals surface area contributed by atoms with Gasteiger partial charge < -0.3 is 10.4 Å². The van der Waals surface area contributed by atoms with Gasteiger partial charge in [-0.1, -0.05) is 13.3 Å². The van der Waals surface area contributed by atoms with E-state index in [1.54, 1.807) is 0 Å².